The first-order valence-electron chi connectivity index (χ1n) is 12.0. The molecule has 0 bridgehead atoms. The number of aliphatic carboxylic acids is 1. The van der Waals surface area contributed by atoms with Gasteiger partial charge in [0.05, 0.1) is 0 Å². The molecule has 0 heterocycles. The molecule has 1 atom stereocenters. The van der Waals surface area contributed by atoms with Gasteiger partial charge in [-0.25, -0.2) is 4.79 Å². The minimum absolute atomic E-state index is 0.306. The Bertz CT molecular complexity index is 414. The zero-order valence-corrected chi connectivity index (χ0v) is 20.6. The summed E-state index contributed by atoms with van der Waals surface area (Å²) in [5.74, 6) is -1.72. The van der Waals surface area contributed by atoms with Gasteiger partial charge in [-0.2, -0.15) is 0 Å². The quantitative estimate of drug-likeness (QED) is 0.103. The molecule has 4 nitrogen and oxygen atoms in total. The lowest BCUT2D eigenvalue weighted by Gasteiger charge is -2.22. The fourth-order valence-electron chi connectivity index (χ4n) is 3.68. The molecule has 0 radical (unpaired) electrons. The summed E-state index contributed by atoms with van der Waals surface area (Å²) in [6, 6.07) is 0. The molecule has 0 amide bonds. The van der Waals surface area contributed by atoms with Crippen LogP contribution in [0.25, 0.3) is 0 Å². The number of carbonyl (C=O) groups is 2. The van der Waals surface area contributed by atoms with Gasteiger partial charge in [0.2, 0.25) is 0 Å². The molecular weight excluding hydrogens is 432 g/mol. The Morgan fingerprint density at radius 2 is 1.00 bits per heavy atom. The number of esters is 1. The third-order valence-corrected chi connectivity index (χ3v) is 6.37. The van der Waals surface area contributed by atoms with Crippen molar-refractivity contribution in [3.63, 3.8) is 0 Å². The van der Waals surface area contributed by atoms with Crippen LogP contribution in [0.2, 0.25) is 0 Å². The van der Waals surface area contributed by atoms with E-state index in [0.29, 0.717) is 6.42 Å². The minimum atomic E-state index is -1.56. The summed E-state index contributed by atoms with van der Waals surface area (Å²) in [4.78, 5) is 22.3. The van der Waals surface area contributed by atoms with E-state index in [0.717, 1.165) is 19.3 Å². The molecule has 0 saturated carbocycles. The van der Waals surface area contributed by atoms with Crippen molar-refractivity contribution in [2.75, 3.05) is 0 Å². The highest BCUT2D eigenvalue weighted by molar-refractivity contribution is 9.10. The summed E-state index contributed by atoms with van der Waals surface area (Å²) in [6.07, 6.45) is 23.7. The summed E-state index contributed by atoms with van der Waals surface area (Å²) in [5, 5.41) is 9.20. The predicted molar refractivity (Wildman–Crippen MR) is 124 cm³/mol. The molecule has 172 valence electrons. The first-order chi connectivity index (χ1) is 13.9. The lowest BCUT2D eigenvalue weighted by Crippen LogP contribution is -2.36. The molecule has 5 heteroatoms. The van der Waals surface area contributed by atoms with Gasteiger partial charge in [0.15, 0.2) is 0 Å². The Balaban J connectivity index is 3.35. The van der Waals surface area contributed by atoms with Crippen molar-refractivity contribution >= 4 is 27.9 Å². The van der Waals surface area contributed by atoms with E-state index in [2.05, 4.69) is 22.9 Å². The maximum atomic E-state index is 11.2. The van der Waals surface area contributed by atoms with Crippen LogP contribution >= 0.6 is 15.9 Å². The highest BCUT2D eigenvalue weighted by Gasteiger charge is 2.38. The topological polar surface area (TPSA) is 63.6 Å². The molecule has 0 aromatic carbocycles. The van der Waals surface area contributed by atoms with Gasteiger partial charge < -0.3 is 9.84 Å². The van der Waals surface area contributed by atoms with Crippen molar-refractivity contribution in [1.82, 2.24) is 0 Å². The van der Waals surface area contributed by atoms with Crippen LogP contribution in [0.4, 0.5) is 0 Å². The number of carboxylic acids is 1. The maximum Gasteiger partial charge on any atom is 0.359 e. The molecular formula is C24H45BrO4. The van der Waals surface area contributed by atoms with Crippen molar-refractivity contribution in [2.24, 2.45) is 0 Å². The number of halogens is 1. The lowest BCUT2D eigenvalue weighted by atomic mass is 10.0. The molecule has 0 saturated heterocycles. The van der Waals surface area contributed by atoms with Gasteiger partial charge in [-0.3, -0.25) is 4.79 Å². The second kappa shape index (κ2) is 19.4. The molecule has 0 rings (SSSR count). The predicted octanol–water partition coefficient (Wildman–Crippen LogP) is 8.16. The zero-order chi connectivity index (χ0) is 21.8. The van der Waals surface area contributed by atoms with Crippen LogP contribution in [0.3, 0.4) is 0 Å². The number of unbranched alkanes of at least 4 members (excludes halogenated alkanes) is 17. The minimum Gasteiger partial charge on any atom is -0.478 e. The van der Waals surface area contributed by atoms with E-state index in [4.69, 9.17) is 4.74 Å². The van der Waals surface area contributed by atoms with Gasteiger partial charge >= 0.3 is 11.9 Å². The van der Waals surface area contributed by atoms with Crippen LogP contribution in [-0.2, 0) is 14.3 Å². The third-order valence-electron chi connectivity index (χ3n) is 5.48. The van der Waals surface area contributed by atoms with Gasteiger partial charge in [0.25, 0.3) is 4.51 Å². The van der Waals surface area contributed by atoms with Gasteiger partial charge in [-0.1, -0.05) is 116 Å². The highest BCUT2D eigenvalue weighted by atomic mass is 79.9. The molecule has 0 spiro atoms. The number of carboxylic acid groups (broad SMARTS) is 1. The number of hydrogen-bond donors (Lipinski definition) is 1. The normalized spacial score (nSPS) is 13.2. The zero-order valence-electron chi connectivity index (χ0n) is 19.0. The highest BCUT2D eigenvalue weighted by Crippen LogP contribution is 2.28. The van der Waals surface area contributed by atoms with Crippen molar-refractivity contribution < 1.29 is 19.4 Å². The molecule has 0 aliphatic heterocycles. The first-order valence-corrected chi connectivity index (χ1v) is 12.8. The molecule has 0 aliphatic carbocycles. The fraction of sp³-hybridized carbons (Fsp3) is 0.917. The maximum absolute atomic E-state index is 11.2. The van der Waals surface area contributed by atoms with Gasteiger partial charge in [-0.05, 0) is 22.4 Å². The molecule has 0 aliphatic rings. The van der Waals surface area contributed by atoms with E-state index >= 15 is 0 Å². The summed E-state index contributed by atoms with van der Waals surface area (Å²) < 4.78 is 3.35. The Kier molecular flexibility index (Phi) is 19.0. The average molecular weight is 478 g/mol. The van der Waals surface area contributed by atoms with Crippen LogP contribution in [0.15, 0.2) is 0 Å². The van der Waals surface area contributed by atoms with Crippen LogP contribution in [0.1, 0.15) is 136 Å². The Labute approximate surface area is 187 Å². The third kappa shape index (κ3) is 17.9. The summed E-state index contributed by atoms with van der Waals surface area (Å²) >= 11 is 3.06. The average Bonchev–Trinajstić information content (AvgIpc) is 2.66. The van der Waals surface area contributed by atoms with Crippen molar-refractivity contribution in [1.29, 1.82) is 0 Å². The Morgan fingerprint density at radius 3 is 1.28 bits per heavy atom. The van der Waals surface area contributed by atoms with E-state index in [1.165, 1.54) is 103 Å². The molecule has 1 unspecified atom stereocenters. The van der Waals surface area contributed by atoms with Gasteiger partial charge in [-0.15, -0.1) is 0 Å². The van der Waals surface area contributed by atoms with Crippen LogP contribution < -0.4 is 0 Å². The number of ether oxygens (including phenoxy) is 1. The first kappa shape index (κ1) is 28.4. The van der Waals surface area contributed by atoms with E-state index in [1.807, 2.05) is 0 Å². The fourth-order valence-corrected chi connectivity index (χ4v) is 4.19. The molecule has 0 aromatic rings. The second-order valence-corrected chi connectivity index (χ2v) is 9.67. The van der Waals surface area contributed by atoms with Crippen molar-refractivity contribution in [2.45, 2.75) is 140 Å². The molecule has 29 heavy (non-hydrogen) atoms. The van der Waals surface area contributed by atoms with Crippen molar-refractivity contribution in [3.8, 4) is 0 Å². The Hall–Kier alpha value is -0.580. The van der Waals surface area contributed by atoms with Crippen molar-refractivity contribution in [3.05, 3.63) is 0 Å². The standard InChI is InChI=1S/C24H45BrO4/c1-3-4-5-6-7-8-9-10-11-12-13-14-15-16-17-18-19-20-21-24(25,23(27)28)29-22(2)26/h3-21H2,1-2H3,(H,27,28). The summed E-state index contributed by atoms with van der Waals surface area (Å²) in [6.45, 7) is 3.50. The number of hydrogen-bond acceptors (Lipinski definition) is 3. The van der Waals surface area contributed by atoms with E-state index in [1.54, 1.807) is 0 Å². The second-order valence-electron chi connectivity index (χ2n) is 8.39. The largest absolute Gasteiger partial charge is 0.478 e. The lowest BCUT2D eigenvalue weighted by molar-refractivity contribution is -0.166. The number of alkyl halides is 1. The number of rotatable bonds is 21. The van der Waals surface area contributed by atoms with Crippen LogP contribution in [0.5, 0.6) is 0 Å². The molecule has 0 aromatic heterocycles. The van der Waals surface area contributed by atoms with Crippen LogP contribution in [0, 0.1) is 0 Å². The summed E-state index contributed by atoms with van der Waals surface area (Å²) in [5.41, 5.74) is 0. The van der Waals surface area contributed by atoms with E-state index < -0.39 is 16.4 Å². The number of carbonyl (C=O) groups excluding carboxylic acids is 1. The van der Waals surface area contributed by atoms with E-state index in [9.17, 15) is 14.7 Å². The Morgan fingerprint density at radius 1 is 0.690 bits per heavy atom. The molecule has 0 fully saturated rings. The SMILES string of the molecule is CCCCCCCCCCCCCCCCCCCCC(Br)(OC(C)=O)C(=O)O. The monoisotopic (exact) mass is 476 g/mol. The smallest absolute Gasteiger partial charge is 0.359 e. The summed E-state index contributed by atoms with van der Waals surface area (Å²) in [7, 11) is 0. The van der Waals surface area contributed by atoms with Gasteiger partial charge in [0.1, 0.15) is 0 Å². The van der Waals surface area contributed by atoms with Crippen LogP contribution in [-0.4, -0.2) is 21.6 Å². The molecule has 1 N–H and O–H groups in total. The van der Waals surface area contributed by atoms with Gasteiger partial charge in [0, 0.05) is 13.3 Å². The van der Waals surface area contributed by atoms with E-state index in [-0.39, 0.29) is 0 Å².